The molecule has 0 bridgehead atoms. The second-order valence-corrected chi connectivity index (χ2v) is 6.19. The number of halogens is 1. The van der Waals surface area contributed by atoms with Crippen LogP contribution in [-0.2, 0) is 0 Å². The van der Waals surface area contributed by atoms with Crippen molar-refractivity contribution in [1.82, 2.24) is 9.55 Å². The third-order valence-corrected chi connectivity index (χ3v) is 4.36. The molecular weight excluding hydrogens is 270 g/mol. The summed E-state index contributed by atoms with van der Waals surface area (Å²) in [6, 6.07) is 8.52. The first kappa shape index (κ1) is 13.5. The van der Waals surface area contributed by atoms with Crippen LogP contribution in [0.15, 0.2) is 18.2 Å². The van der Waals surface area contributed by atoms with E-state index >= 15 is 0 Å². The highest BCUT2D eigenvalue weighted by molar-refractivity contribution is 6.20. The topological polar surface area (TPSA) is 41.6 Å². The third kappa shape index (κ3) is 2.19. The number of imidazole rings is 1. The minimum Gasteiger partial charge on any atom is -0.324 e. The molecule has 0 aliphatic heterocycles. The summed E-state index contributed by atoms with van der Waals surface area (Å²) in [6.45, 7) is 1.95. The molecule has 0 amide bonds. The molecule has 1 aromatic carbocycles. The van der Waals surface area contributed by atoms with Crippen LogP contribution in [0.2, 0.25) is 0 Å². The number of alkyl halides is 1. The Labute approximate surface area is 124 Å². The van der Waals surface area contributed by atoms with E-state index in [1.54, 1.807) is 0 Å². The van der Waals surface area contributed by atoms with Gasteiger partial charge in [-0.15, -0.1) is 11.6 Å². The van der Waals surface area contributed by atoms with Gasteiger partial charge in [0.1, 0.15) is 17.4 Å². The fourth-order valence-electron chi connectivity index (χ4n) is 3.23. The number of nitrogens with zero attached hydrogens (tertiary/aromatic N) is 3. The number of rotatable bonds is 2. The van der Waals surface area contributed by atoms with Crippen LogP contribution in [0.4, 0.5) is 0 Å². The average molecular weight is 288 g/mol. The molecule has 0 spiro atoms. The van der Waals surface area contributed by atoms with E-state index in [4.69, 9.17) is 11.6 Å². The summed E-state index contributed by atoms with van der Waals surface area (Å²) < 4.78 is 2.28. The van der Waals surface area contributed by atoms with Gasteiger partial charge < -0.3 is 4.57 Å². The summed E-state index contributed by atoms with van der Waals surface area (Å²) in [4.78, 5) is 4.67. The summed E-state index contributed by atoms with van der Waals surface area (Å²) >= 11 is 6.33. The molecule has 104 valence electrons. The zero-order valence-electron chi connectivity index (χ0n) is 11.6. The largest absolute Gasteiger partial charge is 0.324 e. The molecule has 3 rings (SSSR count). The van der Waals surface area contributed by atoms with Crippen LogP contribution in [0.1, 0.15) is 61.8 Å². The Balaban J connectivity index is 2.22. The predicted molar refractivity (Wildman–Crippen MR) is 80.8 cm³/mol. The van der Waals surface area contributed by atoms with E-state index < -0.39 is 0 Å². The van der Waals surface area contributed by atoms with E-state index in [0.717, 1.165) is 16.9 Å². The molecule has 1 aliphatic rings. The molecule has 3 nitrogen and oxygen atoms in total. The van der Waals surface area contributed by atoms with Crippen molar-refractivity contribution in [2.45, 2.75) is 50.4 Å². The first-order chi connectivity index (χ1) is 9.72. The number of hydrogen-bond donors (Lipinski definition) is 0. The van der Waals surface area contributed by atoms with Crippen molar-refractivity contribution in [3.63, 3.8) is 0 Å². The van der Waals surface area contributed by atoms with Gasteiger partial charge >= 0.3 is 0 Å². The van der Waals surface area contributed by atoms with Gasteiger partial charge in [0.25, 0.3) is 0 Å². The molecule has 1 unspecified atom stereocenters. The molecule has 4 heteroatoms. The second-order valence-electron chi connectivity index (χ2n) is 5.53. The fraction of sp³-hybridized carbons (Fsp3) is 0.500. The summed E-state index contributed by atoms with van der Waals surface area (Å²) in [5.74, 6) is 0.899. The minimum atomic E-state index is -0.143. The zero-order valence-corrected chi connectivity index (χ0v) is 12.4. The monoisotopic (exact) mass is 287 g/mol. The van der Waals surface area contributed by atoms with Gasteiger partial charge in [-0.25, -0.2) is 4.98 Å². The predicted octanol–water partition coefficient (Wildman–Crippen LogP) is 4.71. The van der Waals surface area contributed by atoms with Crippen molar-refractivity contribution < 1.29 is 0 Å². The molecule has 0 saturated heterocycles. The second kappa shape index (κ2) is 5.46. The van der Waals surface area contributed by atoms with Crippen LogP contribution >= 0.6 is 11.6 Å². The van der Waals surface area contributed by atoms with Gasteiger partial charge in [0.05, 0.1) is 16.5 Å². The lowest BCUT2D eigenvalue weighted by Crippen LogP contribution is -2.15. The van der Waals surface area contributed by atoms with Gasteiger partial charge in [0, 0.05) is 6.04 Å². The number of para-hydroxylation sites is 1. The number of nitriles is 1. The van der Waals surface area contributed by atoms with Crippen molar-refractivity contribution in [2.75, 3.05) is 0 Å². The standard InChI is InChI=1S/C16H18ClN3/c1-11(17)16-19-15-12(10-18)6-5-9-14(15)20(16)13-7-3-2-4-8-13/h5-6,9,11,13H,2-4,7-8H2,1H3. The third-order valence-electron chi connectivity index (χ3n) is 4.16. The Morgan fingerprint density at radius 3 is 2.75 bits per heavy atom. The van der Waals surface area contributed by atoms with Crippen molar-refractivity contribution in [3.8, 4) is 6.07 Å². The summed E-state index contributed by atoms with van der Waals surface area (Å²) in [5, 5.41) is 9.11. The highest BCUT2D eigenvalue weighted by Gasteiger charge is 2.24. The molecule has 1 fully saturated rings. The van der Waals surface area contributed by atoms with E-state index in [9.17, 15) is 5.26 Å². The SMILES string of the molecule is CC(Cl)c1nc2c(C#N)cccc2n1C1CCCCC1. The Kier molecular flexibility index (Phi) is 3.67. The Morgan fingerprint density at radius 2 is 2.10 bits per heavy atom. The lowest BCUT2D eigenvalue weighted by atomic mass is 9.95. The van der Waals surface area contributed by atoms with Crippen molar-refractivity contribution in [3.05, 3.63) is 29.6 Å². The molecule has 1 aliphatic carbocycles. The quantitative estimate of drug-likeness (QED) is 0.750. The molecule has 20 heavy (non-hydrogen) atoms. The fourth-order valence-corrected chi connectivity index (χ4v) is 3.38. The van der Waals surface area contributed by atoms with E-state index in [-0.39, 0.29) is 5.38 Å². The summed E-state index contributed by atoms with van der Waals surface area (Å²) in [6.07, 6.45) is 6.20. The van der Waals surface area contributed by atoms with Crippen LogP contribution in [0.5, 0.6) is 0 Å². The first-order valence-corrected chi connectivity index (χ1v) is 7.71. The number of benzene rings is 1. The van der Waals surface area contributed by atoms with Gasteiger partial charge in [-0.05, 0) is 31.9 Å². The van der Waals surface area contributed by atoms with Crippen LogP contribution in [-0.4, -0.2) is 9.55 Å². The molecule has 1 heterocycles. The molecule has 2 aromatic rings. The molecular formula is C16H18ClN3. The lowest BCUT2D eigenvalue weighted by Gasteiger charge is -2.26. The molecule has 1 aromatic heterocycles. The van der Waals surface area contributed by atoms with Gasteiger partial charge in [-0.3, -0.25) is 0 Å². The van der Waals surface area contributed by atoms with Crippen LogP contribution in [0, 0.1) is 11.3 Å². The first-order valence-electron chi connectivity index (χ1n) is 7.27. The number of aromatic nitrogens is 2. The van der Waals surface area contributed by atoms with Gasteiger partial charge in [0.15, 0.2) is 0 Å². The normalized spacial score (nSPS) is 18.1. The Morgan fingerprint density at radius 1 is 1.35 bits per heavy atom. The zero-order chi connectivity index (χ0) is 14.1. The summed E-state index contributed by atoms with van der Waals surface area (Å²) in [5.41, 5.74) is 2.48. The van der Waals surface area contributed by atoms with Crippen LogP contribution in [0.25, 0.3) is 11.0 Å². The lowest BCUT2D eigenvalue weighted by molar-refractivity contribution is 0.352. The minimum absolute atomic E-state index is 0.143. The number of fused-ring (bicyclic) bond motifs is 1. The average Bonchev–Trinajstić information content (AvgIpc) is 2.87. The molecule has 1 saturated carbocycles. The van der Waals surface area contributed by atoms with Gasteiger partial charge in [-0.1, -0.05) is 25.3 Å². The molecule has 0 radical (unpaired) electrons. The number of hydrogen-bond acceptors (Lipinski definition) is 2. The Bertz CT molecular complexity index is 660. The van der Waals surface area contributed by atoms with Crippen LogP contribution < -0.4 is 0 Å². The highest BCUT2D eigenvalue weighted by Crippen LogP contribution is 2.36. The van der Waals surface area contributed by atoms with E-state index in [2.05, 4.69) is 21.7 Å². The molecule has 0 N–H and O–H groups in total. The van der Waals surface area contributed by atoms with Gasteiger partial charge in [-0.2, -0.15) is 5.26 Å². The van der Waals surface area contributed by atoms with E-state index in [0.29, 0.717) is 11.6 Å². The van der Waals surface area contributed by atoms with Gasteiger partial charge in [0.2, 0.25) is 0 Å². The maximum Gasteiger partial charge on any atom is 0.128 e. The van der Waals surface area contributed by atoms with Crippen LogP contribution in [0.3, 0.4) is 0 Å². The van der Waals surface area contributed by atoms with E-state index in [1.807, 2.05) is 19.1 Å². The maximum atomic E-state index is 9.25. The Hall–Kier alpha value is -1.53. The maximum absolute atomic E-state index is 9.25. The van der Waals surface area contributed by atoms with E-state index in [1.165, 1.54) is 32.1 Å². The van der Waals surface area contributed by atoms with Crippen molar-refractivity contribution in [2.24, 2.45) is 0 Å². The summed E-state index contributed by atoms with van der Waals surface area (Å²) in [7, 11) is 0. The van der Waals surface area contributed by atoms with Crippen molar-refractivity contribution >= 4 is 22.6 Å². The highest BCUT2D eigenvalue weighted by atomic mass is 35.5. The van der Waals surface area contributed by atoms with Crippen molar-refractivity contribution in [1.29, 1.82) is 5.26 Å². The molecule has 1 atom stereocenters. The smallest absolute Gasteiger partial charge is 0.128 e.